The third-order valence-corrected chi connectivity index (χ3v) is 6.23. The Kier molecular flexibility index (Phi) is 6.25. The molecule has 2 heterocycles. The molecule has 4 aromatic rings. The Balaban J connectivity index is 1.61. The Morgan fingerprint density at radius 3 is 2.64 bits per heavy atom. The zero-order valence-corrected chi connectivity index (χ0v) is 20.2. The van der Waals surface area contributed by atoms with Crippen molar-refractivity contribution in [1.82, 2.24) is 20.4 Å². The van der Waals surface area contributed by atoms with Crippen molar-refractivity contribution in [3.63, 3.8) is 0 Å². The lowest BCUT2D eigenvalue weighted by Gasteiger charge is -2.35. The van der Waals surface area contributed by atoms with Gasteiger partial charge in [-0.1, -0.05) is 59.3 Å². The molecule has 0 saturated carbocycles. The molecule has 7 nitrogen and oxygen atoms in total. The number of rotatable bonds is 6. The van der Waals surface area contributed by atoms with Crippen molar-refractivity contribution < 1.29 is 18.4 Å². The number of carbonyl (C=O) groups is 1. The number of ether oxygens (including phenoxy) is 1. The van der Waals surface area contributed by atoms with Gasteiger partial charge in [-0.2, -0.15) is 4.98 Å². The molecular weight excluding hydrogens is 459 g/mol. The van der Waals surface area contributed by atoms with E-state index < -0.39 is 11.9 Å². The Hall–Kier alpha value is -4.46. The number of hydrogen-bond acceptors (Lipinski definition) is 5. The van der Waals surface area contributed by atoms with Crippen molar-refractivity contribution >= 4 is 11.6 Å². The molecule has 3 aromatic carbocycles. The topological polar surface area (TPSA) is 80.5 Å². The van der Waals surface area contributed by atoms with Gasteiger partial charge in [0.2, 0.25) is 5.82 Å². The molecule has 8 heteroatoms. The fraction of sp³-hybridized carbons (Fsp3) is 0.179. The third-order valence-electron chi connectivity index (χ3n) is 6.23. The number of para-hydroxylation sites is 1. The lowest BCUT2D eigenvalue weighted by atomic mass is 9.94. The summed E-state index contributed by atoms with van der Waals surface area (Å²) in [6.07, 6.45) is 0. The van der Waals surface area contributed by atoms with Gasteiger partial charge in [0.05, 0.1) is 25.3 Å². The van der Waals surface area contributed by atoms with Crippen molar-refractivity contribution in [1.29, 1.82) is 0 Å². The second kappa shape index (κ2) is 9.65. The van der Waals surface area contributed by atoms with Crippen LogP contribution in [0.1, 0.15) is 35.5 Å². The molecule has 182 valence electrons. The summed E-state index contributed by atoms with van der Waals surface area (Å²) < 4.78 is 25.3. The van der Waals surface area contributed by atoms with Gasteiger partial charge in [-0.3, -0.25) is 4.90 Å². The number of nitrogens with one attached hydrogen (secondary N) is 1. The molecule has 1 aliphatic rings. The highest BCUT2D eigenvalue weighted by Gasteiger charge is 2.36. The number of carbonyl (C=O) groups excluding carboxylic acids is 1. The predicted octanol–water partition coefficient (Wildman–Crippen LogP) is 5.89. The minimum atomic E-state index is -0.673. The van der Waals surface area contributed by atoms with E-state index >= 15 is 0 Å². The van der Waals surface area contributed by atoms with E-state index in [0.29, 0.717) is 28.4 Å². The smallest absolute Gasteiger partial charge is 0.322 e. The highest BCUT2D eigenvalue weighted by Crippen LogP contribution is 2.38. The van der Waals surface area contributed by atoms with Gasteiger partial charge in [-0.05, 0) is 43.7 Å². The molecule has 1 aromatic heterocycles. The molecule has 5 rings (SSSR count). The number of aromatic nitrogens is 2. The number of halogens is 1. The molecule has 0 saturated heterocycles. The van der Waals surface area contributed by atoms with E-state index in [4.69, 9.17) is 9.26 Å². The fourth-order valence-corrected chi connectivity index (χ4v) is 4.42. The molecule has 1 N–H and O–H groups in total. The number of aryl methyl sites for hydroxylation is 1. The summed E-state index contributed by atoms with van der Waals surface area (Å²) in [4.78, 5) is 19.6. The Morgan fingerprint density at radius 1 is 1.06 bits per heavy atom. The number of methoxy groups -OCH3 is 1. The maximum atomic E-state index is 14.2. The van der Waals surface area contributed by atoms with Crippen LogP contribution in [0.4, 0.5) is 9.18 Å². The van der Waals surface area contributed by atoms with Gasteiger partial charge in [0, 0.05) is 16.8 Å². The highest BCUT2D eigenvalue weighted by atomic mass is 19.1. The van der Waals surface area contributed by atoms with Crippen LogP contribution < -0.4 is 10.1 Å². The second-order valence-corrected chi connectivity index (χ2v) is 8.63. The van der Waals surface area contributed by atoms with E-state index in [9.17, 15) is 9.18 Å². The van der Waals surface area contributed by atoms with Crippen LogP contribution in [0.15, 0.2) is 83.0 Å². The Bertz CT molecular complexity index is 1460. The first kappa shape index (κ1) is 23.3. The van der Waals surface area contributed by atoms with Gasteiger partial charge in [-0.25, -0.2) is 9.18 Å². The van der Waals surface area contributed by atoms with Gasteiger partial charge in [0.15, 0.2) is 0 Å². The summed E-state index contributed by atoms with van der Waals surface area (Å²) >= 11 is 0. The first-order valence-electron chi connectivity index (χ1n) is 11.5. The maximum Gasteiger partial charge on any atom is 0.322 e. The van der Waals surface area contributed by atoms with E-state index in [0.717, 1.165) is 16.7 Å². The van der Waals surface area contributed by atoms with Crippen molar-refractivity contribution in [2.24, 2.45) is 0 Å². The van der Waals surface area contributed by atoms with Crippen LogP contribution in [0.25, 0.3) is 17.0 Å². The van der Waals surface area contributed by atoms with Gasteiger partial charge in [-0.15, -0.1) is 0 Å². The molecule has 1 aliphatic heterocycles. The number of nitrogens with zero attached hydrogens (tertiary/aromatic N) is 3. The van der Waals surface area contributed by atoms with Crippen LogP contribution >= 0.6 is 0 Å². The van der Waals surface area contributed by atoms with Crippen molar-refractivity contribution in [3.05, 3.63) is 107 Å². The number of amides is 2. The van der Waals surface area contributed by atoms with Crippen molar-refractivity contribution in [2.75, 3.05) is 7.11 Å². The summed E-state index contributed by atoms with van der Waals surface area (Å²) in [7, 11) is 1.59. The number of urea groups is 1. The van der Waals surface area contributed by atoms with E-state index in [-0.39, 0.29) is 18.5 Å². The van der Waals surface area contributed by atoms with E-state index in [1.54, 1.807) is 24.1 Å². The van der Waals surface area contributed by atoms with Crippen LogP contribution in [0.2, 0.25) is 0 Å². The van der Waals surface area contributed by atoms with Crippen molar-refractivity contribution in [3.8, 4) is 17.1 Å². The fourth-order valence-electron chi connectivity index (χ4n) is 4.42. The average Bonchev–Trinajstić information content (AvgIpc) is 3.36. The summed E-state index contributed by atoms with van der Waals surface area (Å²) in [6.45, 7) is 4.08. The van der Waals surface area contributed by atoms with Crippen LogP contribution in [0, 0.1) is 12.7 Å². The lowest BCUT2D eigenvalue weighted by Crippen LogP contribution is -2.45. The number of hydrogen-bond donors (Lipinski definition) is 1. The van der Waals surface area contributed by atoms with Crippen LogP contribution in [-0.2, 0) is 6.54 Å². The molecular formula is C28H25FN4O3. The Morgan fingerprint density at radius 2 is 1.86 bits per heavy atom. The largest absolute Gasteiger partial charge is 0.496 e. The molecule has 0 spiro atoms. The van der Waals surface area contributed by atoms with Gasteiger partial charge in [0.1, 0.15) is 11.6 Å². The normalized spacial score (nSPS) is 15.7. The monoisotopic (exact) mass is 484 g/mol. The Labute approximate surface area is 208 Å². The SMILES string of the molecule is COc1ccccc1CN1C(=O)NC(c2cccc(F)c2)C(c2nc(-c3cccc(C)c3)no2)=C1C. The van der Waals surface area contributed by atoms with E-state index in [1.807, 2.05) is 62.4 Å². The van der Waals surface area contributed by atoms with Crippen LogP contribution in [0.3, 0.4) is 0 Å². The summed E-state index contributed by atoms with van der Waals surface area (Å²) in [6, 6.07) is 20.4. The molecule has 0 aliphatic carbocycles. The van der Waals surface area contributed by atoms with Gasteiger partial charge >= 0.3 is 6.03 Å². The first-order valence-corrected chi connectivity index (χ1v) is 11.5. The molecule has 36 heavy (non-hydrogen) atoms. The number of benzene rings is 3. The zero-order chi connectivity index (χ0) is 25.2. The molecule has 0 fully saturated rings. The summed E-state index contributed by atoms with van der Waals surface area (Å²) in [5, 5.41) is 7.19. The minimum absolute atomic E-state index is 0.253. The quantitative estimate of drug-likeness (QED) is 0.369. The third kappa shape index (κ3) is 4.45. The average molecular weight is 485 g/mol. The zero-order valence-electron chi connectivity index (χ0n) is 20.2. The first-order chi connectivity index (χ1) is 17.4. The van der Waals surface area contributed by atoms with E-state index in [2.05, 4.69) is 15.5 Å². The molecule has 2 amide bonds. The predicted molar refractivity (Wildman–Crippen MR) is 133 cm³/mol. The van der Waals surface area contributed by atoms with Crippen molar-refractivity contribution in [2.45, 2.75) is 26.4 Å². The van der Waals surface area contributed by atoms with Gasteiger partial charge in [0.25, 0.3) is 5.89 Å². The maximum absolute atomic E-state index is 14.2. The number of allylic oxidation sites excluding steroid dienone is 1. The van der Waals surface area contributed by atoms with Gasteiger partial charge < -0.3 is 14.6 Å². The minimum Gasteiger partial charge on any atom is -0.496 e. The molecule has 0 bridgehead atoms. The molecule has 1 unspecified atom stereocenters. The van der Waals surface area contributed by atoms with Crippen LogP contribution in [0.5, 0.6) is 5.75 Å². The summed E-state index contributed by atoms with van der Waals surface area (Å²) in [5.41, 5.74) is 4.52. The molecule has 1 atom stereocenters. The van der Waals surface area contributed by atoms with E-state index in [1.165, 1.54) is 12.1 Å². The summed E-state index contributed by atoms with van der Waals surface area (Å²) in [5.74, 6) is 0.955. The highest BCUT2D eigenvalue weighted by molar-refractivity contribution is 5.87. The van der Waals surface area contributed by atoms with Crippen LogP contribution in [-0.4, -0.2) is 28.2 Å². The lowest BCUT2D eigenvalue weighted by molar-refractivity contribution is 0.202. The second-order valence-electron chi connectivity index (χ2n) is 8.63. The molecule has 0 radical (unpaired) electrons. The standard InChI is InChI=1S/C28H25FN4O3/c1-17-8-6-11-20(14-17)26-31-27(36-32-26)24-18(2)33(16-21-9-4-5-13-23(21)35-3)28(34)30-25(24)19-10-7-12-22(29)15-19/h4-15,25H,16H2,1-3H3,(H,30,34).